The van der Waals surface area contributed by atoms with Crippen LogP contribution in [0.2, 0.25) is 0 Å². The van der Waals surface area contributed by atoms with E-state index in [1.807, 2.05) is 13.8 Å². The van der Waals surface area contributed by atoms with Crippen molar-refractivity contribution in [2.24, 2.45) is 0 Å². The fourth-order valence-corrected chi connectivity index (χ4v) is 3.38. The van der Waals surface area contributed by atoms with Crippen molar-refractivity contribution in [2.75, 3.05) is 39.9 Å². The minimum Gasteiger partial charge on any atom is -0.493 e. The summed E-state index contributed by atoms with van der Waals surface area (Å²) in [4.78, 5) is 25.6. The van der Waals surface area contributed by atoms with Gasteiger partial charge in [-0.1, -0.05) is 0 Å². The van der Waals surface area contributed by atoms with Crippen LogP contribution < -0.4 is 14.8 Å². The van der Waals surface area contributed by atoms with Gasteiger partial charge in [0, 0.05) is 32.2 Å². The number of nitro groups is 1. The van der Waals surface area contributed by atoms with Gasteiger partial charge < -0.3 is 19.5 Å². The van der Waals surface area contributed by atoms with Crippen LogP contribution in [0.1, 0.15) is 37.6 Å². The first-order valence-electron chi connectivity index (χ1n) is 9.50. The maximum atomic E-state index is 12.5. The number of nitrogens with zero attached hydrogens (tertiary/aromatic N) is 2. The lowest BCUT2D eigenvalue weighted by Gasteiger charge is -2.35. The van der Waals surface area contributed by atoms with Crippen LogP contribution in [0.25, 0.3) is 0 Å². The molecule has 1 aromatic carbocycles. The molecule has 156 valence electrons. The highest BCUT2D eigenvalue weighted by Crippen LogP contribution is 2.34. The van der Waals surface area contributed by atoms with E-state index in [2.05, 4.69) is 10.2 Å². The van der Waals surface area contributed by atoms with Gasteiger partial charge in [0.05, 0.1) is 36.9 Å². The Bertz CT molecular complexity index is 686. The van der Waals surface area contributed by atoms with Crippen LogP contribution in [0.15, 0.2) is 12.1 Å². The zero-order valence-corrected chi connectivity index (χ0v) is 16.9. The molecular formula is C19H29N3O6. The van der Waals surface area contributed by atoms with Gasteiger partial charge in [-0.15, -0.1) is 0 Å². The second-order valence-corrected chi connectivity index (χ2v) is 6.84. The van der Waals surface area contributed by atoms with E-state index in [0.29, 0.717) is 18.9 Å². The predicted octanol–water partition coefficient (Wildman–Crippen LogP) is 2.23. The van der Waals surface area contributed by atoms with Gasteiger partial charge in [-0.05, 0) is 27.2 Å². The standard InChI is InChI=1S/C19H29N3O6/c1-5-27-18-9-15(16(22(24)25)10-17(18)26-4)19(23)20-7-6-8-21-11-13(2)28-14(3)12-21/h9-10,13-14H,5-8,11-12H2,1-4H3,(H,20,23). The molecule has 0 aromatic heterocycles. The normalized spacial score (nSPS) is 19.9. The summed E-state index contributed by atoms with van der Waals surface area (Å²) in [6, 6.07) is 2.58. The molecular weight excluding hydrogens is 366 g/mol. The summed E-state index contributed by atoms with van der Waals surface area (Å²) in [7, 11) is 1.40. The van der Waals surface area contributed by atoms with E-state index in [0.717, 1.165) is 26.1 Å². The van der Waals surface area contributed by atoms with Crippen molar-refractivity contribution in [3.05, 3.63) is 27.8 Å². The van der Waals surface area contributed by atoms with E-state index >= 15 is 0 Å². The monoisotopic (exact) mass is 395 g/mol. The lowest BCUT2D eigenvalue weighted by Crippen LogP contribution is -2.46. The SMILES string of the molecule is CCOc1cc(C(=O)NCCCN2CC(C)OC(C)C2)c([N+](=O)[O-])cc1OC. The molecule has 1 aliphatic rings. The Morgan fingerprint density at radius 2 is 2.00 bits per heavy atom. The highest BCUT2D eigenvalue weighted by atomic mass is 16.6. The summed E-state index contributed by atoms with van der Waals surface area (Å²) < 4.78 is 16.3. The first kappa shape index (κ1) is 21.9. The Hall–Kier alpha value is -2.39. The van der Waals surface area contributed by atoms with E-state index in [-0.39, 0.29) is 29.2 Å². The number of hydrogen-bond acceptors (Lipinski definition) is 7. The number of amides is 1. The number of benzene rings is 1. The van der Waals surface area contributed by atoms with Gasteiger partial charge >= 0.3 is 0 Å². The first-order valence-corrected chi connectivity index (χ1v) is 9.50. The van der Waals surface area contributed by atoms with Crippen molar-refractivity contribution in [1.29, 1.82) is 0 Å². The molecule has 0 aliphatic carbocycles. The molecule has 0 bridgehead atoms. The number of rotatable bonds is 9. The lowest BCUT2D eigenvalue weighted by atomic mass is 10.1. The Labute approximate surface area is 165 Å². The molecule has 1 fully saturated rings. The maximum absolute atomic E-state index is 12.5. The van der Waals surface area contributed by atoms with Crippen LogP contribution in [-0.2, 0) is 4.74 Å². The quantitative estimate of drug-likeness (QED) is 0.388. The van der Waals surface area contributed by atoms with Crippen LogP contribution in [0.4, 0.5) is 5.69 Å². The lowest BCUT2D eigenvalue weighted by molar-refractivity contribution is -0.385. The summed E-state index contributed by atoms with van der Waals surface area (Å²) in [5.41, 5.74) is -0.350. The molecule has 9 heteroatoms. The topological polar surface area (TPSA) is 103 Å². The molecule has 0 radical (unpaired) electrons. The molecule has 1 aliphatic heterocycles. The molecule has 0 saturated carbocycles. The van der Waals surface area contributed by atoms with Crippen LogP contribution >= 0.6 is 0 Å². The third-order valence-corrected chi connectivity index (χ3v) is 4.46. The molecule has 0 spiro atoms. The number of ether oxygens (including phenoxy) is 3. The number of carbonyl (C=O) groups excluding carboxylic acids is 1. The maximum Gasteiger partial charge on any atom is 0.286 e. The van der Waals surface area contributed by atoms with Gasteiger partial charge in [-0.3, -0.25) is 19.8 Å². The number of nitro benzene ring substituents is 1. The summed E-state index contributed by atoms with van der Waals surface area (Å²) in [6.07, 6.45) is 1.13. The molecule has 2 unspecified atom stereocenters. The molecule has 1 amide bonds. The largest absolute Gasteiger partial charge is 0.493 e. The smallest absolute Gasteiger partial charge is 0.286 e. The van der Waals surface area contributed by atoms with Crippen molar-refractivity contribution in [3.8, 4) is 11.5 Å². The van der Waals surface area contributed by atoms with Crippen LogP contribution in [0, 0.1) is 10.1 Å². The van der Waals surface area contributed by atoms with Gasteiger partial charge in [0.1, 0.15) is 5.56 Å². The summed E-state index contributed by atoms with van der Waals surface area (Å²) in [5, 5.41) is 14.1. The van der Waals surface area contributed by atoms with Crippen molar-refractivity contribution < 1.29 is 23.9 Å². The second-order valence-electron chi connectivity index (χ2n) is 6.84. The fraction of sp³-hybridized carbons (Fsp3) is 0.632. The minimum absolute atomic E-state index is 0.0390. The summed E-state index contributed by atoms with van der Waals surface area (Å²) in [6.45, 7) is 9.20. The van der Waals surface area contributed by atoms with Gasteiger partial charge in [0.25, 0.3) is 11.6 Å². The predicted molar refractivity (Wildman–Crippen MR) is 104 cm³/mol. The van der Waals surface area contributed by atoms with Crippen LogP contribution in [0.5, 0.6) is 11.5 Å². The van der Waals surface area contributed by atoms with Crippen molar-refractivity contribution >= 4 is 11.6 Å². The molecule has 9 nitrogen and oxygen atoms in total. The van der Waals surface area contributed by atoms with E-state index in [1.54, 1.807) is 6.92 Å². The van der Waals surface area contributed by atoms with Crippen molar-refractivity contribution in [3.63, 3.8) is 0 Å². The minimum atomic E-state index is -0.594. The molecule has 2 rings (SSSR count). The third-order valence-electron chi connectivity index (χ3n) is 4.46. The zero-order chi connectivity index (χ0) is 20.7. The molecule has 2 atom stereocenters. The molecule has 1 saturated heterocycles. The Morgan fingerprint density at radius 3 is 2.57 bits per heavy atom. The van der Waals surface area contributed by atoms with Gasteiger partial charge in [0.15, 0.2) is 11.5 Å². The van der Waals surface area contributed by atoms with E-state index < -0.39 is 10.8 Å². The van der Waals surface area contributed by atoms with E-state index in [9.17, 15) is 14.9 Å². The third kappa shape index (κ3) is 5.80. The molecule has 28 heavy (non-hydrogen) atoms. The average Bonchev–Trinajstić information content (AvgIpc) is 2.64. The number of methoxy groups -OCH3 is 1. The Kier molecular flexibility index (Phi) is 8.01. The number of morpholine rings is 1. The number of nitrogens with one attached hydrogen (secondary N) is 1. The highest BCUT2D eigenvalue weighted by Gasteiger charge is 2.25. The van der Waals surface area contributed by atoms with Crippen molar-refractivity contribution in [2.45, 2.75) is 39.4 Å². The van der Waals surface area contributed by atoms with E-state index in [1.165, 1.54) is 19.2 Å². The van der Waals surface area contributed by atoms with E-state index in [4.69, 9.17) is 14.2 Å². The number of hydrogen-bond donors (Lipinski definition) is 1. The van der Waals surface area contributed by atoms with Crippen LogP contribution in [-0.4, -0.2) is 67.8 Å². The fourth-order valence-electron chi connectivity index (χ4n) is 3.38. The average molecular weight is 395 g/mol. The highest BCUT2D eigenvalue weighted by molar-refractivity contribution is 5.99. The molecule has 1 N–H and O–H groups in total. The first-order chi connectivity index (χ1) is 13.3. The van der Waals surface area contributed by atoms with Crippen LogP contribution in [0.3, 0.4) is 0 Å². The van der Waals surface area contributed by atoms with Gasteiger partial charge in [-0.2, -0.15) is 0 Å². The Balaban J connectivity index is 1.98. The van der Waals surface area contributed by atoms with Gasteiger partial charge in [0.2, 0.25) is 0 Å². The number of carbonyl (C=O) groups is 1. The molecule has 1 heterocycles. The zero-order valence-electron chi connectivity index (χ0n) is 16.9. The summed E-state index contributed by atoms with van der Waals surface area (Å²) in [5.74, 6) is 0.0247. The second kappa shape index (κ2) is 10.2. The molecule has 1 aromatic rings. The summed E-state index contributed by atoms with van der Waals surface area (Å²) >= 11 is 0. The Morgan fingerprint density at radius 1 is 1.32 bits per heavy atom. The van der Waals surface area contributed by atoms with Gasteiger partial charge in [-0.25, -0.2) is 0 Å². The van der Waals surface area contributed by atoms with Crippen molar-refractivity contribution in [1.82, 2.24) is 10.2 Å².